The van der Waals surface area contributed by atoms with E-state index in [0.717, 1.165) is 26.1 Å². The Labute approximate surface area is 133 Å². The van der Waals surface area contributed by atoms with Gasteiger partial charge in [0.2, 0.25) is 0 Å². The number of hydrogen-bond donors (Lipinski definition) is 1. The molecule has 0 radical (unpaired) electrons. The molecule has 3 heteroatoms. The Bertz CT molecular complexity index is 643. The molecule has 0 aliphatic carbocycles. The van der Waals surface area contributed by atoms with E-state index in [2.05, 4.69) is 48.2 Å². The zero-order valence-corrected chi connectivity index (χ0v) is 13.1. The summed E-state index contributed by atoms with van der Waals surface area (Å²) in [7, 11) is 0. The first kappa shape index (κ1) is 16.2. The Kier molecular flexibility index (Phi) is 6.14. The van der Waals surface area contributed by atoms with Crippen LogP contribution in [0.1, 0.15) is 28.7 Å². The van der Waals surface area contributed by atoms with Crippen LogP contribution in [0.15, 0.2) is 48.5 Å². The van der Waals surface area contributed by atoms with Crippen molar-refractivity contribution in [1.82, 2.24) is 4.90 Å². The highest BCUT2D eigenvalue weighted by atomic mass is 15.1. The summed E-state index contributed by atoms with van der Waals surface area (Å²) >= 11 is 0. The van der Waals surface area contributed by atoms with Crippen molar-refractivity contribution >= 4 is 0 Å². The number of rotatable bonds is 7. The van der Waals surface area contributed by atoms with E-state index in [-0.39, 0.29) is 0 Å². The molecule has 0 heterocycles. The zero-order valence-electron chi connectivity index (χ0n) is 13.1. The highest BCUT2D eigenvalue weighted by molar-refractivity contribution is 5.32. The van der Waals surface area contributed by atoms with Crippen LogP contribution in [-0.2, 0) is 13.1 Å². The van der Waals surface area contributed by atoms with Crippen molar-refractivity contribution in [1.29, 1.82) is 5.26 Å². The number of aryl methyl sites for hydroxylation is 1. The van der Waals surface area contributed by atoms with Crippen molar-refractivity contribution in [2.75, 3.05) is 13.1 Å². The minimum absolute atomic E-state index is 0.697. The van der Waals surface area contributed by atoms with Gasteiger partial charge in [-0.3, -0.25) is 4.90 Å². The fourth-order valence-electron chi connectivity index (χ4n) is 2.60. The van der Waals surface area contributed by atoms with Gasteiger partial charge in [-0.1, -0.05) is 42.0 Å². The van der Waals surface area contributed by atoms with E-state index in [9.17, 15) is 0 Å². The lowest BCUT2D eigenvalue weighted by atomic mass is 10.1. The molecule has 3 nitrogen and oxygen atoms in total. The van der Waals surface area contributed by atoms with Gasteiger partial charge in [-0.25, -0.2) is 0 Å². The average Bonchev–Trinajstić information content (AvgIpc) is 2.53. The summed E-state index contributed by atoms with van der Waals surface area (Å²) in [5.74, 6) is 0. The van der Waals surface area contributed by atoms with Gasteiger partial charge in [0.1, 0.15) is 0 Å². The van der Waals surface area contributed by atoms with Crippen molar-refractivity contribution in [3.63, 3.8) is 0 Å². The molecule has 0 saturated heterocycles. The summed E-state index contributed by atoms with van der Waals surface area (Å²) in [5, 5.41) is 9.02. The van der Waals surface area contributed by atoms with Crippen molar-refractivity contribution in [3.8, 4) is 6.07 Å². The molecule has 0 bridgehead atoms. The molecular formula is C19H23N3. The molecule has 0 amide bonds. The van der Waals surface area contributed by atoms with Gasteiger partial charge in [-0.15, -0.1) is 0 Å². The molecule has 2 aromatic rings. The van der Waals surface area contributed by atoms with Crippen molar-refractivity contribution < 1.29 is 0 Å². The predicted octanol–water partition coefficient (Wildman–Crippen LogP) is 3.22. The third-order valence-electron chi connectivity index (χ3n) is 3.63. The Morgan fingerprint density at radius 2 is 1.73 bits per heavy atom. The van der Waals surface area contributed by atoms with Gasteiger partial charge in [-0.2, -0.15) is 5.26 Å². The van der Waals surface area contributed by atoms with Gasteiger partial charge in [0.15, 0.2) is 0 Å². The van der Waals surface area contributed by atoms with E-state index >= 15 is 0 Å². The maximum Gasteiger partial charge on any atom is 0.0991 e. The van der Waals surface area contributed by atoms with E-state index in [4.69, 9.17) is 11.0 Å². The molecule has 0 aliphatic rings. The molecule has 0 unspecified atom stereocenters. The lowest BCUT2D eigenvalue weighted by molar-refractivity contribution is 0.255. The molecule has 0 aliphatic heterocycles. The van der Waals surface area contributed by atoms with Crippen LogP contribution in [0, 0.1) is 18.3 Å². The Balaban J connectivity index is 2.10. The second kappa shape index (κ2) is 8.33. The van der Waals surface area contributed by atoms with Crippen LogP contribution in [0.3, 0.4) is 0 Å². The lowest BCUT2D eigenvalue weighted by Crippen LogP contribution is -2.25. The molecular weight excluding hydrogens is 270 g/mol. The van der Waals surface area contributed by atoms with Crippen molar-refractivity contribution in [2.45, 2.75) is 26.4 Å². The summed E-state index contributed by atoms with van der Waals surface area (Å²) in [6.07, 6.45) is 0.976. The third-order valence-corrected chi connectivity index (χ3v) is 3.63. The van der Waals surface area contributed by atoms with E-state index in [0.29, 0.717) is 12.1 Å². The molecule has 2 rings (SSSR count). The number of benzene rings is 2. The first-order valence-electron chi connectivity index (χ1n) is 7.68. The van der Waals surface area contributed by atoms with Crippen LogP contribution < -0.4 is 5.73 Å². The van der Waals surface area contributed by atoms with E-state index in [1.54, 1.807) is 0 Å². The predicted molar refractivity (Wildman–Crippen MR) is 90.1 cm³/mol. The quantitative estimate of drug-likeness (QED) is 0.852. The first-order valence-corrected chi connectivity index (χ1v) is 7.68. The van der Waals surface area contributed by atoms with Gasteiger partial charge >= 0.3 is 0 Å². The minimum Gasteiger partial charge on any atom is -0.330 e. The van der Waals surface area contributed by atoms with Crippen LogP contribution in [0.25, 0.3) is 0 Å². The molecule has 22 heavy (non-hydrogen) atoms. The number of nitrogens with zero attached hydrogens (tertiary/aromatic N) is 2. The summed E-state index contributed by atoms with van der Waals surface area (Å²) in [5.41, 5.74) is 10.1. The Morgan fingerprint density at radius 1 is 1.05 bits per heavy atom. The number of nitriles is 1. The van der Waals surface area contributed by atoms with Gasteiger partial charge in [0, 0.05) is 19.6 Å². The molecule has 0 saturated carbocycles. The lowest BCUT2D eigenvalue weighted by Gasteiger charge is -2.22. The molecule has 2 N–H and O–H groups in total. The monoisotopic (exact) mass is 293 g/mol. The Hall–Kier alpha value is -2.15. The van der Waals surface area contributed by atoms with Gasteiger partial charge in [0.25, 0.3) is 0 Å². The van der Waals surface area contributed by atoms with Gasteiger partial charge in [-0.05, 0) is 43.1 Å². The Morgan fingerprint density at radius 3 is 2.36 bits per heavy atom. The van der Waals surface area contributed by atoms with Crippen molar-refractivity contribution in [3.05, 3.63) is 70.8 Å². The molecule has 0 atom stereocenters. The summed E-state index contributed by atoms with van der Waals surface area (Å²) < 4.78 is 0. The molecule has 114 valence electrons. The molecule has 0 fully saturated rings. The normalized spacial score (nSPS) is 10.6. The zero-order chi connectivity index (χ0) is 15.8. The van der Waals surface area contributed by atoms with Crippen LogP contribution >= 0.6 is 0 Å². The number of nitrogens with two attached hydrogens (primary N) is 1. The summed E-state index contributed by atoms with van der Waals surface area (Å²) in [4.78, 5) is 2.39. The topological polar surface area (TPSA) is 53.0 Å². The van der Waals surface area contributed by atoms with Crippen molar-refractivity contribution in [2.24, 2.45) is 5.73 Å². The van der Waals surface area contributed by atoms with Crippen LogP contribution in [-0.4, -0.2) is 18.0 Å². The maximum absolute atomic E-state index is 9.02. The SMILES string of the molecule is Cc1cccc(CN(CCCN)Cc2cccc(C#N)c2)c1. The van der Waals surface area contributed by atoms with E-state index < -0.39 is 0 Å². The minimum atomic E-state index is 0.697. The molecule has 0 spiro atoms. The third kappa shape index (κ3) is 5.00. The fraction of sp³-hybridized carbons (Fsp3) is 0.316. The van der Waals surface area contributed by atoms with Gasteiger partial charge in [0.05, 0.1) is 11.6 Å². The second-order valence-corrected chi connectivity index (χ2v) is 5.65. The smallest absolute Gasteiger partial charge is 0.0991 e. The first-order chi connectivity index (χ1) is 10.7. The number of hydrogen-bond acceptors (Lipinski definition) is 3. The van der Waals surface area contributed by atoms with E-state index in [1.165, 1.54) is 16.7 Å². The van der Waals surface area contributed by atoms with Crippen LogP contribution in [0.5, 0.6) is 0 Å². The van der Waals surface area contributed by atoms with E-state index in [1.807, 2.05) is 18.2 Å². The average molecular weight is 293 g/mol. The molecule has 0 aromatic heterocycles. The summed E-state index contributed by atoms with van der Waals surface area (Å²) in [6, 6.07) is 18.6. The second-order valence-electron chi connectivity index (χ2n) is 5.65. The largest absolute Gasteiger partial charge is 0.330 e. The maximum atomic E-state index is 9.02. The highest BCUT2D eigenvalue weighted by Gasteiger charge is 2.07. The van der Waals surface area contributed by atoms with Crippen LogP contribution in [0.4, 0.5) is 0 Å². The molecule has 2 aromatic carbocycles. The standard InChI is InChI=1S/C19H23N3/c1-16-5-2-7-18(11-16)14-22(10-4-9-20)15-19-8-3-6-17(12-19)13-21/h2-3,5-8,11-12H,4,9-10,14-15,20H2,1H3. The van der Waals surface area contributed by atoms with Gasteiger partial charge < -0.3 is 5.73 Å². The summed E-state index contributed by atoms with van der Waals surface area (Å²) in [6.45, 7) is 5.51. The van der Waals surface area contributed by atoms with Crippen LogP contribution in [0.2, 0.25) is 0 Å². The fourth-order valence-corrected chi connectivity index (χ4v) is 2.60. The highest BCUT2D eigenvalue weighted by Crippen LogP contribution is 2.13.